The second-order valence-corrected chi connectivity index (χ2v) is 6.61. The molecule has 0 saturated heterocycles. The maximum absolute atomic E-state index is 13.4. The zero-order valence-electron chi connectivity index (χ0n) is 16.3. The Morgan fingerprint density at radius 3 is 2.50 bits per heavy atom. The molecule has 1 amide bonds. The summed E-state index contributed by atoms with van der Waals surface area (Å²) in [6, 6.07) is 17.2. The van der Waals surface area contributed by atoms with E-state index in [4.69, 9.17) is 4.52 Å². The van der Waals surface area contributed by atoms with Crippen LogP contribution in [-0.2, 0) is 11.2 Å². The van der Waals surface area contributed by atoms with Gasteiger partial charge in [-0.2, -0.15) is 0 Å². The first-order valence-corrected chi connectivity index (χ1v) is 9.53. The second-order valence-electron chi connectivity index (χ2n) is 6.61. The van der Waals surface area contributed by atoms with Crippen LogP contribution in [0.3, 0.4) is 0 Å². The molecule has 0 spiro atoms. The number of aromatic nitrogens is 3. The highest BCUT2D eigenvalue weighted by atomic mass is 19.1. The van der Waals surface area contributed by atoms with Crippen LogP contribution in [0, 0.1) is 5.82 Å². The van der Waals surface area contributed by atoms with Gasteiger partial charge in [-0.15, -0.1) is 0 Å². The van der Waals surface area contributed by atoms with Crippen molar-refractivity contribution in [2.24, 2.45) is 0 Å². The lowest BCUT2D eigenvalue weighted by atomic mass is 10.0. The van der Waals surface area contributed by atoms with Crippen molar-refractivity contribution in [1.29, 1.82) is 0 Å². The number of rotatable bonds is 6. The molecule has 0 aliphatic rings. The molecule has 0 atom stereocenters. The van der Waals surface area contributed by atoms with Gasteiger partial charge in [-0.05, 0) is 42.8 Å². The highest BCUT2D eigenvalue weighted by molar-refractivity contribution is 5.99. The van der Waals surface area contributed by atoms with Gasteiger partial charge in [0.15, 0.2) is 0 Å². The molecule has 0 aliphatic carbocycles. The lowest BCUT2D eigenvalue weighted by Gasteiger charge is -2.19. The van der Waals surface area contributed by atoms with Crippen molar-refractivity contribution in [3.63, 3.8) is 0 Å². The number of anilines is 1. The molecule has 30 heavy (non-hydrogen) atoms. The minimum Gasteiger partial charge on any atom is -0.337 e. The van der Waals surface area contributed by atoms with E-state index >= 15 is 0 Å². The van der Waals surface area contributed by atoms with Crippen LogP contribution in [-0.4, -0.2) is 27.6 Å². The number of carbonyl (C=O) groups excluding carboxylic acids is 1. The Hall–Kier alpha value is -3.87. The van der Waals surface area contributed by atoms with Gasteiger partial charge in [0.25, 0.3) is 0 Å². The van der Waals surface area contributed by atoms with E-state index in [0.717, 1.165) is 5.56 Å². The summed E-state index contributed by atoms with van der Waals surface area (Å²) >= 11 is 0. The number of hydrogen-bond acceptors (Lipinski definition) is 5. The van der Waals surface area contributed by atoms with Gasteiger partial charge in [-0.3, -0.25) is 9.69 Å². The fourth-order valence-corrected chi connectivity index (χ4v) is 3.24. The fourth-order valence-electron chi connectivity index (χ4n) is 3.24. The lowest BCUT2D eigenvalue weighted by molar-refractivity contribution is -0.118. The molecule has 2 aromatic carbocycles. The van der Waals surface area contributed by atoms with Crippen molar-refractivity contribution >= 4 is 11.8 Å². The first-order chi connectivity index (χ1) is 14.7. The molecular formula is C23H19FN4O2. The number of benzene rings is 2. The number of amides is 1. The molecule has 0 aliphatic heterocycles. The molecule has 2 aromatic heterocycles. The maximum Gasteiger partial charge on any atom is 0.244 e. The van der Waals surface area contributed by atoms with Gasteiger partial charge in [-0.25, -0.2) is 14.4 Å². The standard InChI is InChI=1S/C23H19FN4O2/c1-2-28(20(29)14-16-6-4-3-5-7-16)23-21(19-12-13-25-15-26-19)22(27-30-23)17-8-10-18(24)11-9-17/h3-13,15H,2,14H2,1H3. The minimum absolute atomic E-state index is 0.124. The molecule has 0 unspecified atom stereocenters. The Bertz CT molecular complexity index is 1130. The summed E-state index contributed by atoms with van der Waals surface area (Å²) in [5.74, 6) is -0.170. The first-order valence-electron chi connectivity index (χ1n) is 9.53. The van der Waals surface area contributed by atoms with Crippen LogP contribution in [0.25, 0.3) is 22.5 Å². The van der Waals surface area contributed by atoms with E-state index in [1.165, 1.54) is 18.5 Å². The topological polar surface area (TPSA) is 72.1 Å². The third-order valence-corrected chi connectivity index (χ3v) is 4.69. The predicted octanol–water partition coefficient (Wildman–Crippen LogP) is 4.53. The van der Waals surface area contributed by atoms with E-state index in [-0.39, 0.29) is 18.1 Å². The summed E-state index contributed by atoms with van der Waals surface area (Å²) in [7, 11) is 0. The summed E-state index contributed by atoms with van der Waals surface area (Å²) in [6.07, 6.45) is 3.25. The van der Waals surface area contributed by atoms with Gasteiger partial charge in [-0.1, -0.05) is 35.5 Å². The van der Waals surface area contributed by atoms with Crippen LogP contribution in [0.2, 0.25) is 0 Å². The summed E-state index contributed by atoms with van der Waals surface area (Å²) in [4.78, 5) is 22.9. The van der Waals surface area contributed by atoms with Crippen LogP contribution < -0.4 is 4.90 Å². The average Bonchev–Trinajstić information content (AvgIpc) is 3.21. The monoisotopic (exact) mass is 402 g/mol. The fraction of sp³-hybridized carbons (Fsp3) is 0.130. The van der Waals surface area contributed by atoms with Gasteiger partial charge < -0.3 is 4.52 Å². The summed E-state index contributed by atoms with van der Waals surface area (Å²) in [5.41, 5.74) is 3.17. The highest BCUT2D eigenvalue weighted by Gasteiger charge is 2.27. The molecule has 4 rings (SSSR count). The van der Waals surface area contributed by atoms with E-state index in [2.05, 4.69) is 15.1 Å². The SMILES string of the molecule is CCN(C(=O)Cc1ccccc1)c1onc(-c2ccc(F)cc2)c1-c1ccncn1. The van der Waals surface area contributed by atoms with Crippen molar-refractivity contribution < 1.29 is 13.7 Å². The van der Waals surface area contributed by atoms with E-state index in [9.17, 15) is 9.18 Å². The Labute approximate surface area is 173 Å². The van der Waals surface area contributed by atoms with Gasteiger partial charge in [0.1, 0.15) is 17.8 Å². The van der Waals surface area contributed by atoms with Crippen molar-refractivity contribution in [2.45, 2.75) is 13.3 Å². The molecule has 150 valence electrons. The molecule has 4 aromatic rings. The normalized spacial score (nSPS) is 10.7. The Balaban J connectivity index is 1.78. The third-order valence-electron chi connectivity index (χ3n) is 4.69. The number of nitrogens with zero attached hydrogens (tertiary/aromatic N) is 4. The molecule has 6 nitrogen and oxygen atoms in total. The number of hydrogen-bond donors (Lipinski definition) is 0. The quantitative estimate of drug-likeness (QED) is 0.474. The van der Waals surface area contributed by atoms with Gasteiger partial charge >= 0.3 is 0 Å². The van der Waals surface area contributed by atoms with E-state index in [0.29, 0.717) is 34.9 Å². The third kappa shape index (κ3) is 3.96. The summed E-state index contributed by atoms with van der Waals surface area (Å²) < 4.78 is 19.1. The molecule has 0 N–H and O–H groups in total. The highest BCUT2D eigenvalue weighted by Crippen LogP contribution is 2.38. The van der Waals surface area contributed by atoms with Crippen molar-refractivity contribution in [3.05, 3.63) is 84.6 Å². The minimum atomic E-state index is -0.348. The van der Waals surface area contributed by atoms with Gasteiger partial charge in [0.05, 0.1) is 17.7 Å². The van der Waals surface area contributed by atoms with Gasteiger partial charge in [0, 0.05) is 18.3 Å². The smallest absolute Gasteiger partial charge is 0.244 e. The van der Waals surface area contributed by atoms with Gasteiger partial charge in [0.2, 0.25) is 11.8 Å². The number of likely N-dealkylation sites (N-methyl/N-ethyl adjacent to an activating group) is 1. The van der Waals surface area contributed by atoms with Crippen LogP contribution in [0.5, 0.6) is 0 Å². The van der Waals surface area contributed by atoms with Crippen molar-refractivity contribution in [1.82, 2.24) is 15.1 Å². The van der Waals surface area contributed by atoms with E-state index in [1.54, 1.807) is 29.3 Å². The summed E-state index contributed by atoms with van der Waals surface area (Å²) in [5, 5.41) is 4.20. The molecule has 0 saturated carbocycles. The molecular weight excluding hydrogens is 383 g/mol. The number of halogens is 1. The zero-order chi connectivity index (χ0) is 20.9. The lowest BCUT2D eigenvalue weighted by Crippen LogP contribution is -2.32. The van der Waals surface area contributed by atoms with Crippen LogP contribution in [0.1, 0.15) is 12.5 Å². The Morgan fingerprint density at radius 2 is 1.83 bits per heavy atom. The van der Waals surface area contributed by atoms with E-state index in [1.807, 2.05) is 37.3 Å². The largest absolute Gasteiger partial charge is 0.337 e. The van der Waals surface area contributed by atoms with Crippen molar-refractivity contribution in [2.75, 3.05) is 11.4 Å². The molecule has 2 heterocycles. The zero-order valence-corrected chi connectivity index (χ0v) is 16.3. The molecule has 0 bridgehead atoms. The van der Waals surface area contributed by atoms with E-state index < -0.39 is 0 Å². The Morgan fingerprint density at radius 1 is 1.07 bits per heavy atom. The number of carbonyl (C=O) groups is 1. The van der Waals surface area contributed by atoms with Crippen LogP contribution >= 0.6 is 0 Å². The second kappa shape index (κ2) is 8.65. The molecule has 7 heteroatoms. The van der Waals surface area contributed by atoms with Crippen LogP contribution in [0.4, 0.5) is 10.3 Å². The average molecular weight is 402 g/mol. The van der Waals surface area contributed by atoms with Crippen molar-refractivity contribution in [3.8, 4) is 22.5 Å². The molecule has 0 fully saturated rings. The predicted molar refractivity (Wildman–Crippen MR) is 111 cm³/mol. The summed E-state index contributed by atoms with van der Waals surface area (Å²) in [6.45, 7) is 2.26. The first kappa shape index (κ1) is 19.4. The maximum atomic E-state index is 13.4. The van der Waals surface area contributed by atoms with Crippen LogP contribution in [0.15, 0.2) is 77.7 Å². The molecule has 0 radical (unpaired) electrons. The Kier molecular flexibility index (Phi) is 5.61.